The third-order valence-corrected chi connectivity index (χ3v) is 4.15. The molecule has 1 amide bonds. The zero-order chi connectivity index (χ0) is 12.7. The first-order valence-electron chi connectivity index (χ1n) is 5.35. The molecule has 0 aromatic heterocycles. The van der Waals surface area contributed by atoms with Crippen LogP contribution in [0.2, 0.25) is 0 Å². The maximum absolute atomic E-state index is 12.2. The van der Waals surface area contributed by atoms with Crippen molar-refractivity contribution in [3.8, 4) is 0 Å². The number of nitrogens with zero attached hydrogens (tertiary/aromatic N) is 1. The van der Waals surface area contributed by atoms with E-state index in [4.69, 9.17) is 4.74 Å². The molecule has 3 nitrogen and oxygen atoms in total. The largest absolute Gasteiger partial charge is 0.360 e. The molecule has 92 valence electrons. The summed E-state index contributed by atoms with van der Waals surface area (Å²) in [6.45, 7) is 13.7. The van der Waals surface area contributed by atoms with E-state index in [0.29, 0.717) is 5.57 Å². The van der Waals surface area contributed by atoms with Gasteiger partial charge in [-0.3, -0.25) is 9.69 Å². The van der Waals surface area contributed by atoms with E-state index >= 15 is 0 Å². The average molecular weight is 243 g/mol. The van der Waals surface area contributed by atoms with Gasteiger partial charge in [0.25, 0.3) is 5.91 Å². The molecule has 0 aromatic rings. The molecule has 1 aliphatic rings. The molecule has 16 heavy (non-hydrogen) atoms. The third-order valence-electron chi connectivity index (χ3n) is 2.73. The molecular formula is C12H21NO2S. The lowest BCUT2D eigenvalue weighted by atomic mass is 10.1. The van der Waals surface area contributed by atoms with Crippen LogP contribution in [0.4, 0.5) is 0 Å². The van der Waals surface area contributed by atoms with Gasteiger partial charge < -0.3 is 4.74 Å². The van der Waals surface area contributed by atoms with Crippen LogP contribution in [-0.4, -0.2) is 33.8 Å². The number of amides is 1. The molecule has 0 saturated carbocycles. The van der Waals surface area contributed by atoms with Gasteiger partial charge in [-0.1, -0.05) is 6.58 Å². The molecule has 0 N–H and O–H groups in total. The van der Waals surface area contributed by atoms with Crippen molar-refractivity contribution in [3.05, 3.63) is 12.2 Å². The van der Waals surface area contributed by atoms with Crippen molar-refractivity contribution in [3.63, 3.8) is 0 Å². The van der Waals surface area contributed by atoms with Crippen LogP contribution >= 0.6 is 11.8 Å². The highest BCUT2D eigenvalue weighted by atomic mass is 32.2. The lowest BCUT2D eigenvalue weighted by molar-refractivity contribution is -0.144. The van der Waals surface area contributed by atoms with Crippen LogP contribution < -0.4 is 0 Å². The Balaban J connectivity index is 3.13. The quantitative estimate of drug-likeness (QED) is 0.698. The van der Waals surface area contributed by atoms with E-state index in [-0.39, 0.29) is 21.8 Å². The fraction of sp³-hybridized carbons (Fsp3) is 0.750. The van der Waals surface area contributed by atoms with E-state index in [9.17, 15) is 4.79 Å². The standard InChI is InChI=1S/C12H21NO2S/c1-8(2)9(14)13-10(15-7)11(3,4)16-12(13,5)6/h10H,1H2,2-7H3. The molecule has 4 heteroatoms. The van der Waals surface area contributed by atoms with E-state index in [2.05, 4.69) is 20.4 Å². The van der Waals surface area contributed by atoms with Crippen molar-refractivity contribution >= 4 is 17.7 Å². The fourth-order valence-corrected chi connectivity index (χ4v) is 4.15. The molecule has 0 bridgehead atoms. The maximum Gasteiger partial charge on any atom is 0.252 e. The Hall–Kier alpha value is -0.480. The van der Waals surface area contributed by atoms with Gasteiger partial charge in [0, 0.05) is 12.7 Å². The number of rotatable bonds is 2. The molecule has 0 spiro atoms. The minimum Gasteiger partial charge on any atom is -0.360 e. The fourth-order valence-electron chi connectivity index (χ4n) is 2.28. The normalized spacial score (nSPS) is 26.9. The molecule has 1 unspecified atom stereocenters. The third kappa shape index (κ3) is 2.13. The van der Waals surface area contributed by atoms with E-state index in [1.54, 1.807) is 30.7 Å². The second-order valence-electron chi connectivity index (χ2n) is 5.20. The summed E-state index contributed by atoms with van der Waals surface area (Å²) in [4.78, 5) is 13.7. The predicted octanol–water partition coefficient (Wildman–Crippen LogP) is 2.63. The molecule has 0 aromatic carbocycles. The highest BCUT2D eigenvalue weighted by molar-refractivity contribution is 8.02. The number of ether oxygens (including phenoxy) is 1. The first kappa shape index (κ1) is 13.6. The van der Waals surface area contributed by atoms with Crippen molar-refractivity contribution < 1.29 is 9.53 Å². The Morgan fingerprint density at radius 3 is 2.25 bits per heavy atom. The zero-order valence-electron chi connectivity index (χ0n) is 11.0. The molecule has 1 heterocycles. The molecule has 1 aliphatic heterocycles. The summed E-state index contributed by atoms with van der Waals surface area (Å²) < 4.78 is 5.38. The molecule has 0 aliphatic carbocycles. The lowest BCUT2D eigenvalue weighted by Gasteiger charge is -2.35. The van der Waals surface area contributed by atoms with Gasteiger partial charge in [-0.05, 0) is 34.6 Å². The molecule has 1 rings (SSSR count). The number of methoxy groups -OCH3 is 1. The Kier molecular flexibility index (Phi) is 3.46. The summed E-state index contributed by atoms with van der Waals surface area (Å²) in [6.07, 6.45) is -0.211. The number of carbonyl (C=O) groups excluding carboxylic acids is 1. The first-order valence-corrected chi connectivity index (χ1v) is 6.17. The van der Waals surface area contributed by atoms with Crippen LogP contribution in [0.5, 0.6) is 0 Å². The summed E-state index contributed by atoms with van der Waals surface area (Å²) >= 11 is 1.75. The van der Waals surface area contributed by atoms with E-state index in [1.807, 2.05) is 13.8 Å². The van der Waals surface area contributed by atoms with Gasteiger partial charge in [-0.2, -0.15) is 0 Å². The van der Waals surface area contributed by atoms with Gasteiger partial charge in [0.05, 0.1) is 9.62 Å². The first-order chi connectivity index (χ1) is 7.13. The predicted molar refractivity (Wildman–Crippen MR) is 68.2 cm³/mol. The topological polar surface area (TPSA) is 29.5 Å². The SMILES string of the molecule is C=C(C)C(=O)N1C(OC)C(C)(C)SC1(C)C. The summed E-state index contributed by atoms with van der Waals surface area (Å²) in [5.41, 5.74) is 0.549. The van der Waals surface area contributed by atoms with Gasteiger partial charge >= 0.3 is 0 Å². The van der Waals surface area contributed by atoms with Gasteiger partial charge in [0.15, 0.2) is 0 Å². The Bertz CT molecular complexity index is 323. The monoisotopic (exact) mass is 243 g/mol. The van der Waals surface area contributed by atoms with Gasteiger partial charge in [0.2, 0.25) is 0 Å². The van der Waals surface area contributed by atoms with Crippen LogP contribution in [0.1, 0.15) is 34.6 Å². The van der Waals surface area contributed by atoms with Crippen molar-refractivity contribution in [1.82, 2.24) is 4.90 Å². The van der Waals surface area contributed by atoms with Gasteiger partial charge in [-0.15, -0.1) is 11.8 Å². The Morgan fingerprint density at radius 1 is 1.38 bits per heavy atom. The van der Waals surface area contributed by atoms with Gasteiger partial charge in [-0.25, -0.2) is 0 Å². The Labute approximate surface area is 102 Å². The maximum atomic E-state index is 12.2. The minimum atomic E-state index is -0.264. The Morgan fingerprint density at radius 2 is 1.88 bits per heavy atom. The van der Waals surface area contributed by atoms with Crippen molar-refractivity contribution in [1.29, 1.82) is 0 Å². The van der Waals surface area contributed by atoms with E-state index in [0.717, 1.165) is 0 Å². The van der Waals surface area contributed by atoms with Crippen LogP contribution in [0, 0.1) is 0 Å². The average Bonchev–Trinajstić information content (AvgIpc) is 2.27. The van der Waals surface area contributed by atoms with Crippen LogP contribution in [-0.2, 0) is 9.53 Å². The van der Waals surface area contributed by atoms with E-state index < -0.39 is 0 Å². The molecular weight excluding hydrogens is 222 g/mol. The smallest absolute Gasteiger partial charge is 0.252 e. The summed E-state index contributed by atoms with van der Waals surface area (Å²) in [5, 5.41) is 0. The molecule has 0 radical (unpaired) electrons. The number of hydrogen-bond donors (Lipinski definition) is 0. The highest BCUT2D eigenvalue weighted by Gasteiger charge is 2.54. The second kappa shape index (κ2) is 4.08. The molecule has 1 atom stereocenters. The molecule has 1 saturated heterocycles. The number of carbonyl (C=O) groups is 1. The zero-order valence-corrected chi connectivity index (χ0v) is 11.8. The summed E-state index contributed by atoms with van der Waals surface area (Å²) in [7, 11) is 1.65. The summed E-state index contributed by atoms with van der Waals surface area (Å²) in [6, 6.07) is 0. The molecule has 1 fully saturated rings. The lowest BCUT2D eigenvalue weighted by Crippen LogP contribution is -2.50. The van der Waals surface area contributed by atoms with Crippen molar-refractivity contribution in [2.75, 3.05) is 7.11 Å². The number of hydrogen-bond acceptors (Lipinski definition) is 3. The second-order valence-corrected chi connectivity index (χ2v) is 7.45. The van der Waals surface area contributed by atoms with Gasteiger partial charge in [0.1, 0.15) is 6.23 Å². The summed E-state index contributed by atoms with van der Waals surface area (Å²) in [5.74, 6) is -0.0325. The van der Waals surface area contributed by atoms with Crippen LogP contribution in [0.3, 0.4) is 0 Å². The van der Waals surface area contributed by atoms with Crippen LogP contribution in [0.25, 0.3) is 0 Å². The van der Waals surface area contributed by atoms with E-state index in [1.165, 1.54) is 0 Å². The highest BCUT2D eigenvalue weighted by Crippen LogP contribution is 2.51. The van der Waals surface area contributed by atoms with Crippen molar-refractivity contribution in [2.24, 2.45) is 0 Å². The van der Waals surface area contributed by atoms with Crippen LogP contribution in [0.15, 0.2) is 12.2 Å². The van der Waals surface area contributed by atoms with Crippen molar-refractivity contribution in [2.45, 2.75) is 50.5 Å². The minimum absolute atomic E-state index is 0.0325. The number of thioether (sulfide) groups is 1.